The summed E-state index contributed by atoms with van der Waals surface area (Å²) in [7, 11) is -3.47. The summed E-state index contributed by atoms with van der Waals surface area (Å²) < 4.78 is 33.4. The van der Waals surface area contributed by atoms with Gasteiger partial charge in [-0.25, -0.2) is 13.1 Å². The molecule has 1 N–H and O–H groups in total. The number of sulfonamides is 1. The Morgan fingerprint density at radius 1 is 1.35 bits per heavy atom. The first-order valence-corrected chi connectivity index (χ1v) is 9.14. The molecule has 0 aromatic heterocycles. The van der Waals surface area contributed by atoms with Crippen LogP contribution in [-0.2, 0) is 14.8 Å². The fourth-order valence-electron chi connectivity index (χ4n) is 2.40. The highest BCUT2D eigenvalue weighted by Gasteiger charge is 2.18. The maximum atomic E-state index is 12.2. The van der Waals surface area contributed by atoms with E-state index in [0.29, 0.717) is 24.2 Å². The van der Waals surface area contributed by atoms with E-state index in [1.54, 1.807) is 19.1 Å². The largest absolute Gasteiger partial charge is 0.377 e. The fourth-order valence-corrected chi connectivity index (χ4v) is 4.19. The van der Waals surface area contributed by atoms with Crippen molar-refractivity contribution in [3.63, 3.8) is 0 Å². The van der Waals surface area contributed by atoms with Gasteiger partial charge in [0.2, 0.25) is 10.0 Å². The van der Waals surface area contributed by atoms with Crippen molar-refractivity contribution >= 4 is 26.0 Å². The van der Waals surface area contributed by atoms with E-state index in [0.717, 1.165) is 22.9 Å². The van der Waals surface area contributed by atoms with Gasteiger partial charge in [-0.2, -0.15) is 0 Å². The summed E-state index contributed by atoms with van der Waals surface area (Å²) in [6.07, 6.45) is 4.93. The number of nitrogens with one attached hydrogen (secondary N) is 1. The van der Waals surface area contributed by atoms with Gasteiger partial charge in [-0.15, -0.1) is 0 Å². The lowest BCUT2D eigenvalue weighted by molar-refractivity contribution is 0.0626. The molecule has 4 nitrogen and oxygen atoms in total. The van der Waals surface area contributed by atoms with Crippen LogP contribution in [0.1, 0.15) is 31.2 Å². The summed E-state index contributed by atoms with van der Waals surface area (Å²) in [5, 5.41) is 0. The minimum atomic E-state index is -3.47. The Hall–Kier alpha value is -0.430. The van der Waals surface area contributed by atoms with Crippen molar-refractivity contribution in [3.8, 4) is 0 Å². The lowest BCUT2D eigenvalue weighted by Crippen LogP contribution is -2.29. The number of ether oxygens (including phenoxy) is 1. The van der Waals surface area contributed by atoms with Crippen molar-refractivity contribution in [2.24, 2.45) is 0 Å². The molecule has 2 rings (SSSR count). The average molecular weight is 362 g/mol. The molecular weight excluding hydrogens is 342 g/mol. The third kappa shape index (κ3) is 4.28. The lowest BCUT2D eigenvalue weighted by Gasteiger charge is -2.13. The van der Waals surface area contributed by atoms with E-state index in [2.05, 4.69) is 20.7 Å². The van der Waals surface area contributed by atoms with Gasteiger partial charge in [0, 0.05) is 11.0 Å². The van der Waals surface area contributed by atoms with E-state index in [1.807, 2.05) is 6.07 Å². The Balaban J connectivity index is 1.88. The van der Waals surface area contributed by atoms with Crippen molar-refractivity contribution in [2.75, 3.05) is 13.2 Å². The predicted molar refractivity (Wildman–Crippen MR) is 82.3 cm³/mol. The molecule has 0 unspecified atom stereocenters. The SMILES string of the molecule is Cc1ccc(Br)cc1S(=O)(=O)NCCOC1CCCC1. The quantitative estimate of drug-likeness (QED) is 0.792. The average Bonchev–Trinajstić information content (AvgIpc) is 2.90. The van der Waals surface area contributed by atoms with Crippen LogP contribution >= 0.6 is 15.9 Å². The molecule has 0 bridgehead atoms. The van der Waals surface area contributed by atoms with Crippen molar-refractivity contribution in [1.29, 1.82) is 0 Å². The number of benzene rings is 1. The minimum absolute atomic E-state index is 0.310. The van der Waals surface area contributed by atoms with Crippen LogP contribution in [0.25, 0.3) is 0 Å². The van der Waals surface area contributed by atoms with Gasteiger partial charge >= 0.3 is 0 Å². The second kappa shape index (κ2) is 7.02. The molecule has 112 valence electrons. The van der Waals surface area contributed by atoms with Crippen LogP contribution in [0, 0.1) is 6.92 Å². The van der Waals surface area contributed by atoms with Gasteiger partial charge in [0.25, 0.3) is 0 Å². The molecule has 0 aliphatic heterocycles. The van der Waals surface area contributed by atoms with E-state index in [-0.39, 0.29) is 0 Å². The minimum Gasteiger partial charge on any atom is -0.377 e. The number of halogens is 1. The highest BCUT2D eigenvalue weighted by atomic mass is 79.9. The predicted octanol–water partition coefficient (Wildman–Crippen LogP) is 3.00. The molecule has 1 saturated carbocycles. The van der Waals surface area contributed by atoms with Crippen molar-refractivity contribution in [2.45, 2.75) is 43.6 Å². The summed E-state index contributed by atoms with van der Waals surface area (Å²) >= 11 is 3.30. The van der Waals surface area contributed by atoms with Gasteiger partial charge in [-0.3, -0.25) is 0 Å². The zero-order chi connectivity index (χ0) is 14.6. The Kier molecular flexibility index (Phi) is 5.60. The smallest absolute Gasteiger partial charge is 0.240 e. The Labute approximate surface area is 129 Å². The Bertz CT molecular complexity index is 554. The highest BCUT2D eigenvalue weighted by molar-refractivity contribution is 9.10. The van der Waals surface area contributed by atoms with Gasteiger partial charge in [0.15, 0.2) is 0 Å². The fraction of sp³-hybridized carbons (Fsp3) is 0.571. The van der Waals surface area contributed by atoms with Crippen molar-refractivity contribution < 1.29 is 13.2 Å². The molecular formula is C14H20BrNO3S. The summed E-state index contributed by atoms with van der Waals surface area (Å²) in [6.45, 7) is 2.53. The van der Waals surface area contributed by atoms with Crippen molar-refractivity contribution in [3.05, 3.63) is 28.2 Å². The molecule has 0 amide bonds. The summed E-state index contributed by atoms with van der Waals surface area (Å²) in [5.41, 5.74) is 0.734. The van der Waals surface area contributed by atoms with Crippen LogP contribution in [-0.4, -0.2) is 27.7 Å². The molecule has 1 aromatic carbocycles. The van der Waals surface area contributed by atoms with Crippen LogP contribution in [0.3, 0.4) is 0 Å². The maximum Gasteiger partial charge on any atom is 0.240 e. The molecule has 0 saturated heterocycles. The first-order chi connectivity index (χ1) is 9.49. The number of aryl methyl sites for hydroxylation is 1. The molecule has 0 spiro atoms. The van der Waals surface area contributed by atoms with E-state index in [1.165, 1.54) is 12.8 Å². The van der Waals surface area contributed by atoms with E-state index < -0.39 is 10.0 Å². The van der Waals surface area contributed by atoms with Crippen LogP contribution in [0.2, 0.25) is 0 Å². The third-order valence-electron chi connectivity index (χ3n) is 3.49. The first-order valence-electron chi connectivity index (χ1n) is 6.86. The van der Waals surface area contributed by atoms with Crippen LogP contribution in [0.4, 0.5) is 0 Å². The molecule has 0 atom stereocenters. The molecule has 0 radical (unpaired) electrons. The van der Waals surface area contributed by atoms with Gasteiger partial charge in [0.1, 0.15) is 0 Å². The van der Waals surface area contributed by atoms with Gasteiger partial charge in [-0.1, -0.05) is 34.8 Å². The number of rotatable bonds is 6. The topological polar surface area (TPSA) is 55.4 Å². The lowest BCUT2D eigenvalue weighted by atomic mass is 10.2. The number of hydrogen-bond donors (Lipinski definition) is 1. The summed E-state index contributed by atoms with van der Waals surface area (Å²) in [4.78, 5) is 0.313. The maximum absolute atomic E-state index is 12.2. The molecule has 1 aliphatic carbocycles. The normalized spacial score (nSPS) is 16.7. The molecule has 1 fully saturated rings. The third-order valence-corrected chi connectivity index (χ3v) is 5.59. The zero-order valence-corrected chi connectivity index (χ0v) is 14.0. The zero-order valence-electron chi connectivity index (χ0n) is 11.6. The van der Waals surface area contributed by atoms with Gasteiger partial charge in [0.05, 0.1) is 17.6 Å². The monoisotopic (exact) mass is 361 g/mol. The first kappa shape index (κ1) is 15.9. The number of hydrogen-bond acceptors (Lipinski definition) is 3. The molecule has 20 heavy (non-hydrogen) atoms. The molecule has 1 aromatic rings. The van der Waals surface area contributed by atoms with Crippen LogP contribution in [0.5, 0.6) is 0 Å². The molecule has 0 heterocycles. The highest BCUT2D eigenvalue weighted by Crippen LogP contribution is 2.21. The van der Waals surface area contributed by atoms with E-state index >= 15 is 0 Å². The summed E-state index contributed by atoms with van der Waals surface area (Å²) in [5.74, 6) is 0. The standard InChI is InChI=1S/C14H20BrNO3S/c1-11-6-7-12(15)10-14(11)20(17,18)16-8-9-19-13-4-2-3-5-13/h6-7,10,13,16H,2-5,8-9H2,1H3. The van der Waals surface area contributed by atoms with Crippen LogP contribution < -0.4 is 4.72 Å². The second-order valence-corrected chi connectivity index (χ2v) is 7.74. The van der Waals surface area contributed by atoms with Crippen LogP contribution in [0.15, 0.2) is 27.6 Å². The van der Waals surface area contributed by atoms with Gasteiger partial charge in [-0.05, 0) is 37.5 Å². The summed E-state index contributed by atoms with van der Waals surface area (Å²) in [6, 6.07) is 5.24. The van der Waals surface area contributed by atoms with E-state index in [4.69, 9.17) is 4.74 Å². The van der Waals surface area contributed by atoms with Gasteiger partial charge < -0.3 is 4.74 Å². The van der Waals surface area contributed by atoms with E-state index in [9.17, 15) is 8.42 Å². The molecule has 6 heteroatoms. The Morgan fingerprint density at radius 3 is 2.75 bits per heavy atom. The Morgan fingerprint density at radius 2 is 2.05 bits per heavy atom. The van der Waals surface area contributed by atoms with Crippen molar-refractivity contribution in [1.82, 2.24) is 4.72 Å². The second-order valence-electron chi connectivity index (χ2n) is 5.08. The molecule has 1 aliphatic rings.